The molecule has 0 bridgehead atoms. The number of aromatic carboxylic acids is 1. The molecule has 0 aliphatic rings. The molecular weight excluding hydrogens is 284 g/mol. The third-order valence-electron chi connectivity index (χ3n) is 2.58. The molecule has 1 rings (SSSR count). The molecule has 0 saturated heterocycles. The number of ether oxygens (including phenoxy) is 1. The van der Waals surface area contributed by atoms with E-state index in [1.807, 2.05) is 0 Å². The van der Waals surface area contributed by atoms with Crippen molar-refractivity contribution in [3.8, 4) is 0 Å². The maximum Gasteiger partial charge on any atom is 0.337 e. The van der Waals surface area contributed by atoms with Gasteiger partial charge in [-0.05, 0) is 31.4 Å². The molecular formula is C12H18N2O5S. The molecule has 1 aromatic rings. The van der Waals surface area contributed by atoms with E-state index in [0.29, 0.717) is 19.6 Å². The van der Waals surface area contributed by atoms with Gasteiger partial charge in [-0.1, -0.05) is 0 Å². The first-order valence-corrected chi connectivity index (χ1v) is 7.63. The van der Waals surface area contributed by atoms with Crippen molar-refractivity contribution in [3.05, 3.63) is 23.9 Å². The van der Waals surface area contributed by atoms with Crippen LogP contribution in [-0.4, -0.2) is 44.7 Å². The van der Waals surface area contributed by atoms with Crippen LogP contribution in [0.5, 0.6) is 0 Å². The number of methoxy groups -OCH3 is 1. The second kappa shape index (κ2) is 7.93. The predicted molar refractivity (Wildman–Crippen MR) is 72.1 cm³/mol. The summed E-state index contributed by atoms with van der Waals surface area (Å²) in [5.74, 6) is -1.15. The molecule has 7 nitrogen and oxygen atoms in total. The van der Waals surface area contributed by atoms with Gasteiger partial charge in [-0.2, -0.15) is 0 Å². The molecule has 112 valence electrons. The van der Waals surface area contributed by atoms with Crippen LogP contribution in [0.2, 0.25) is 0 Å². The Hall–Kier alpha value is -1.51. The van der Waals surface area contributed by atoms with Gasteiger partial charge >= 0.3 is 5.97 Å². The van der Waals surface area contributed by atoms with E-state index in [9.17, 15) is 13.2 Å². The molecule has 0 spiro atoms. The summed E-state index contributed by atoms with van der Waals surface area (Å²) in [6.45, 7) is 0.972. The number of aromatic nitrogens is 1. The zero-order chi connectivity index (χ0) is 15.0. The highest BCUT2D eigenvalue weighted by atomic mass is 32.2. The lowest BCUT2D eigenvalue weighted by Gasteiger charge is -2.06. The van der Waals surface area contributed by atoms with Crippen LogP contribution in [0, 0.1) is 0 Å². The minimum absolute atomic E-state index is 0.0523. The number of rotatable bonds is 9. The van der Waals surface area contributed by atoms with Crippen molar-refractivity contribution in [1.82, 2.24) is 9.71 Å². The summed E-state index contributed by atoms with van der Waals surface area (Å²) in [5.41, 5.74) is -0.0523. The Labute approximate surface area is 118 Å². The van der Waals surface area contributed by atoms with Gasteiger partial charge in [0.2, 0.25) is 0 Å². The summed E-state index contributed by atoms with van der Waals surface area (Å²) in [6, 6.07) is 2.39. The molecule has 1 aromatic heterocycles. The highest BCUT2D eigenvalue weighted by molar-refractivity contribution is 7.89. The zero-order valence-corrected chi connectivity index (χ0v) is 12.0. The van der Waals surface area contributed by atoms with Crippen molar-refractivity contribution in [2.45, 2.75) is 24.3 Å². The molecule has 20 heavy (non-hydrogen) atoms. The van der Waals surface area contributed by atoms with Crippen LogP contribution in [0.1, 0.15) is 29.6 Å². The van der Waals surface area contributed by atoms with E-state index < -0.39 is 16.0 Å². The topological polar surface area (TPSA) is 106 Å². The number of hydrogen-bond donors (Lipinski definition) is 2. The smallest absolute Gasteiger partial charge is 0.337 e. The Morgan fingerprint density at radius 2 is 2.10 bits per heavy atom. The number of pyridine rings is 1. The number of hydrogen-bond acceptors (Lipinski definition) is 5. The van der Waals surface area contributed by atoms with Gasteiger partial charge in [0, 0.05) is 26.5 Å². The summed E-state index contributed by atoms with van der Waals surface area (Å²) in [5, 5.41) is 8.53. The Morgan fingerprint density at radius 1 is 1.35 bits per heavy atom. The Bertz CT molecular complexity index is 527. The lowest BCUT2D eigenvalue weighted by molar-refractivity contribution is 0.0696. The number of sulfonamides is 1. The monoisotopic (exact) mass is 302 g/mol. The molecule has 0 atom stereocenters. The summed E-state index contributed by atoms with van der Waals surface area (Å²) >= 11 is 0. The second-order valence-corrected chi connectivity index (χ2v) is 5.86. The lowest BCUT2D eigenvalue weighted by Crippen LogP contribution is -2.25. The maximum atomic E-state index is 11.9. The van der Waals surface area contributed by atoms with Crippen molar-refractivity contribution in [1.29, 1.82) is 0 Å². The van der Waals surface area contributed by atoms with Gasteiger partial charge in [0.1, 0.15) is 0 Å². The van der Waals surface area contributed by atoms with Gasteiger partial charge in [-0.15, -0.1) is 0 Å². The van der Waals surface area contributed by atoms with Gasteiger partial charge in [0.05, 0.1) is 5.56 Å². The highest BCUT2D eigenvalue weighted by Gasteiger charge is 2.15. The van der Waals surface area contributed by atoms with E-state index >= 15 is 0 Å². The predicted octanol–water partition coefficient (Wildman–Crippen LogP) is 0.875. The van der Waals surface area contributed by atoms with Gasteiger partial charge in [-0.25, -0.2) is 22.9 Å². The lowest BCUT2D eigenvalue weighted by atomic mass is 10.2. The molecule has 0 fully saturated rings. The van der Waals surface area contributed by atoms with Gasteiger partial charge in [0.25, 0.3) is 10.0 Å². The average Bonchev–Trinajstić information content (AvgIpc) is 2.43. The van der Waals surface area contributed by atoms with Gasteiger partial charge in [-0.3, -0.25) is 0 Å². The minimum Gasteiger partial charge on any atom is -0.478 e. The van der Waals surface area contributed by atoms with Crippen LogP contribution in [0.15, 0.2) is 23.4 Å². The molecule has 0 aliphatic carbocycles. The SMILES string of the molecule is COCCCCCNS(=O)(=O)c1ccc(C(=O)O)cn1. The Balaban J connectivity index is 2.49. The Morgan fingerprint density at radius 3 is 2.65 bits per heavy atom. The zero-order valence-electron chi connectivity index (χ0n) is 11.2. The number of carboxylic acids is 1. The van der Waals surface area contributed by atoms with Crippen LogP contribution < -0.4 is 4.72 Å². The average molecular weight is 302 g/mol. The fraction of sp³-hybridized carbons (Fsp3) is 0.500. The van der Waals surface area contributed by atoms with Crippen molar-refractivity contribution in [3.63, 3.8) is 0 Å². The van der Waals surface area contributed by atoms with E-state index in [1.54, 1.807) is 7.11 Å². The molecule has 0 amide bonds. The van der Waals surface area contributed by atoms with E-state index in [4.69, 9.17) is 9.84 Å². The normalized spacial score (nSPS) is 11.4. The molecule has 8 heteroatoms. The fourth-order valence-electron chi connectivity index (χ4n) is 1.49. The van der Waals surface area contributed by atoms with E-state index in [2.05, 4.69) is 9.71 Å². The summed E-state index contributed by atoms with van der Waals surface area (Å²) in [7, 11) is -2.06. The van der Waals surface area contributed by atoms with Crippen LogP contribution in [0.3, 0.4) is 0 Å². The number of carboxylic acid groups (broad SMARTS) is 1. The van der Waals surface area contributed by atoms with Crippen LogP contribution in [0.4, 0.5) is 0 Å². The largest absolute Gasteiger partial charge is 0.478 e. The van der Waals surface area contributed by atoms with Crippen molar-refractivity contribution >= 4 is 16.0 Å². The van der Waals surface area contributed by atoms with Gasteiger partial charge < -0.3 is 9.84 Å². The first-order valence-electron chi connectivity index (χ1n) is 6.15. The minimum atomic E-state index is -3.68. The van der Waals surface area contributed by atoms with E-state index in [0.717, 1.165) is 19.0 Å². The number of nitrogens with one attached hydrogen (secondary N) is 1. The van der Waals surface area contributed by atoms with Crippen LogP contribution >= 0.6 is 0 Å². The molecule has 0 aliphatic heterocycles. The third kappa shape index (κ3) is 5.24. The molecule has 1 heterocycles. The number of carbonyl (C=O) groups is 1. The molecule has 0 aromatic carbocycles. The first kappa shape index (κ1) is 16.5. The summed E-state index contributed by atoms with van der Waals surface area (Å²) in [4.78, 5) is 14.3. The highest BCUT2D eigenvalue weighted by Crippen LogP contribution is 2.07. The van der Waals surface area contributed by atoms with E-state index in [1.165, 1.54) is 12.1 Å². The van der Waals surface area contributed by atoms with Crippen molar-refractivity contribution < 1.29 is 23.1 Å². The molecule has 0 radical (unpaired) electrons. The standard InChI is InChI=1S/C12H18N2O5S/c1-19-8-4-2-3-7-14-20(17,18)11-6-5-10(9-13-11)12(15)16/h5-6,9,14H,2-4,7-8H2,1H3,(H,15,16). The molecule has 0 saturated carbocycles. The number of nitrogens with zero attached hydrogens (tertiary/aromatic N) is 1. The van der Waals surface area contributed by atoms with Crippen molar-refractivity contribution in [2.75, 3.05) is 20.3 Å². The summed E-state index contributed by atoms with van der Waals surface area (Å²) < 4.78 is 31.0. The third-order valence-corrected chi connectivity index (χ3v) is 3.95. The van der Waals surface area contributed by atoms with Crippen molar-refractivity contribution in [2.24, 2.45) is 0 Å². The Kier molecular flexibility index (Phi) is 6.56. The van der Waals surface area contributed by atoms with Gasteiger partial charge in [0.15, 0.2) is 5.03 Å². The van der Waals surface area contributed by atoms with Crippen LogP contribution in [-0.2, 0) is 14.8 Å². The fourth-order valence-corrected chi connectivity index (χ4v) is 2.49. The van der Waals surface area contributed by atoms with Crippen LogP contribution in [0.25, 0.3) is 0 Å². The quantitative estimate of drug-likeness (QED) is 0.656. The molecule has 2 N–H and O–H groups in total. The second-order valence-electron chi connectivity index (χ2n) is 4.14. The van der Waals surface area contributed by atoms with E-state index in [-0.39, 0.29) is 10.6 Å². The molecule has 0 unspecified atom stereocenters. The summed E-state index contributed by atoms with van der Waals surface area (Å²) in [6.07, 6.45) is 3.47. The number of unbranched alkanes of at least 4 members (excludes halogenated alkanes) is 2. The first-order chi connectivity index (χ1) is 9.47. The maximum absolute atomic E-state index is 11.9.